The maximum atomic E-state index is 13.4. The summed E-state index contributed by atoms with van der Waals surface area (Å²) in [5.41, 5.74) is 1.33. The summed E-state index contributed by atoms with van der Waals surface area (Å²) < 4.78 is 33.2. The molecule has 0 spiro atoms. The number of hydrogen-bond acceptors (Lipinski definition) is 5. The quantitative estimate of drug-likeness (QED) is 0.630. The number of sulfonamides is 1. The van der Waals surface area contributed by atoms with Crippen LogP contribution in [-0.2, 0) is 19.6 Å². The number of hydrogen-bond donors (Lipinski definition) is 0. The first-order valence-electron chi connectivity index (χ1n) is 9.81. The summed E-state index contributed by atoms with van der Waals surface area (Å²) in [4.78, 5) is 27.1. The van der Waals surface area contributed by atoms with Crippen LogP contribution in [0.3, 0.4) is 0 Å². The van der Waals surface area contributed by atoms with Crippen LogP contribution < -0.4 is 9.64 Å². The third-order valence-corrected chi connectivity index (χ3v) is 7.42. The number of ether oxygens (including phenoxy) is 1. The lowest BCUT2D eigenvalue weighted by Gasteiger charge is -2.31. The van der Waals surface area contributed by atoms with E-state index in [2.05, 4.69) is 0 Å². The second-order valence-corrected chi connectivity index (χ2v) is 9.23. The van der Waals surface area contributed by atoms with Crippen molar-refractivity contribution in [2.24, 2.45) is 0 Å². The van der Waals surface area contributed by atoms with E-state index in [1.165, 1.54) is 23.5 Å². The van der Waals surface area contributed by atoms with Gasteiger partial charge in [0.05, 0.1) is 24.1 Å². The topological polar surface area (TPSA) is 84.0 Å². The van der Waals surface area contributed by atoms with E-state index in [4.69, 9.17) is 4.74 Å². The lowest BCUT2D eigenvalue weighted by molar-refractivity contribution is -0.122. The van der Waals surface area contributed by atoms with Crippen LogP contribution in [0.1, 0.15) is 32.3 Å². The molecule has 2 amide bonds. The second-order valence-electron chi connectivity index (χ2n) is 7.39. The van der Waals surface area contributed by atoms with Crippen LogP contribution in [-0.4, -0.2) is 43.7 Å². The van der Waals surface area contributed by atoms with Crippen molar-refractivity contribution in [1.82, 2.24) is 4.31 Å². The highest BCUT2D eigenvalue weighted by molar-refractivity contribution is 7.89. The normalized spacial score (nSPS) is 18.2. The van der Waals surface area contributed by atoms with E-state index in [0.29, 0.717) is 17.9 Å². The molecule has 1 saturated heterocycles. The Bertz CT molecular complexity index is 1030. The molecule has 2 atom stereocenters. The number of carbonyl (C=O) groups is 2. The predicted molar refractivity (Wildman–Crippen MR) is 114 cm³/mol. The standard InChI is InChI=1S/C22H26N2O5S/c1-5-16(3)24(30(27,28)19-12-6-15(2)7-13-19)20-14-21(25)23(22(20)26)17-8-10-18(29-4)11-9-17/h6-13,16,20H,5,14H2,1-4H3. The predicted octanol–water partition coefficient (Wildman–Crippen LogP) is 3.12. The molecule has 0 aromatic heterocycles. The molecule has 1 aliphatic heterocycles. The minimum atomic E-state index is -3.97. The lowest BCUT2D eigenvalue weighted by Crippen LogP contribution is -2.49. The van der Waals surface area contributed by atoms with Gasteiger partial charge in [-0.2, -0.15) is 4.31 Å². The number of aryl methyl sites for hydroxylation is 1. The SMILES string of the molecule is CCC(C)N(C1CC(=O)N(c2ccc(OC)cc2)C1=O)S(=O)(=O)c1ccc(C)cc1. The van der Waals surface area contributed by atoms with Crippen molar-refractivity contribution in [3.05, 3.63) is 54.1 Å². The molecule has 0 bridgehead atoms. The number of benzene rings is 2. The van der Waals surface area contributed by atoms with Gasteiger partial charge in [-0.1, -0.05) is 24.6 Å². The summed E-state index contributed by atoms with van der Waals surface area (Å²) in [5.74, 6) is -0.374. The highest BCUT2D eigenvalue weighted by atomic mass is 32.2. The fourth-order valence-electron chi connectivity index (χ4n) is 3.54. The molecule has 0 saturated carbocycles. The molecule has 3 rings (SSSR count). The molecule has 160 valence electrons. The minimum Gasteiger partial charge on any atom is -0.497 e. The first-order chi connectivity index (χ1) is 14.2. The zero-order valence-electron chi connectivity index (χ0n) is 17.5. The van der Waals surface area contributed by atoms with E-state index in [0.717, 1.165) is 10.5 Å². The van der Waals surface area contributed by atoms with Crippen molar-refractivity contribution in [2.45, 2.75) is 50.6 Å². The van der Waals surface area contributed by atoms with Crippen LogP contribution in [0, 0.1) is 6.92 Å². The monoisotopic (exact) mass is 430 g/mol. The van der Waals surface area contributed by atoms with Gasteiger partial charge < -0.3 is 4.74 Å². The van der Waals surface area contributed by atoms with Crippen molar-refractivity contribution in [2.75, 3.05) is 12.0 Å². The summed E-state index contributed by atoms with van der Waals surface area (Å²) in [6.45, 7) is 5.47. The first kappa shape index (κ1) is 22.0. The van der Waals surface area contributed by atoms with E-state index in [9.17, 15) is 18.0 Å². The van der Waals surface area contributed by atoms with E-state index < -0.39 is 33.9 Å². The number of rotatable bonds is 7. The van der Waals surface area contributed by atoms with Gasteiger partial charge in [-0.3, -0.25) is 9.59 Å². The van der Waals surface area contributed by atoms with Crippen LogP contribution >= 0.6 is 0 Å². The number of nitrogens with zero attached hydrogens (tertiary/aromatic N) is 2. The van der Waals surface area contributed by atoms with Crippen molar-refractivity contribution in [3.8, 4) is 5.75 Å². The minimum absolute atomic E-state index is 0.108. The highest BCUT2D eigenvalue weighted by Crippen LogP contribution is 2.32. The maximum absolute atomic E-state index is 13.4. The third-order valence-electron chi connectivity index (χ3n) is 5.38. The Morgan fingerprint density at radius 3 is 2.23 bits per heavy atom. The van der Waals surface area contributed by atoms with Gasteiger partial charge in [-0.25, -0.2) is 13.3 Å². The molecular formula is C22H26N2O5S. The van der Waals surface area contributed by atoms with E-state index in [1.807, 2.05) is 13.8 Å². The number of imide groups is 1. The molecule has 1 fully saturated rings. The summed E-state index contributed by atoms with van der Waals surface area (Å²) in [6, 6.07) is 11.5. The zero-order valence-corrected chi connectivity index (χ0v) is 18.3. The molecule has 0 aliphatic carbocycles. The summed E-state index contributed by atoms with van der Waals surface area (Å²) in [7, 11) is -2.45. The van der Waals surface area contributed by atoms with Gasteiger partial charge in [0.15, 0.2) is 0 Å². The fraction of sp³-hybridized carbons (Fsp3) is 0.364. The van der Waals surface area contributed by atoms with Crippen LogP contribution in [0.2, 0.25) is 0 Å². The smallest absolute Gasteiger partial charge is 0.252 e. The van der Waals surface area contributed by atoms with Crippen LogP contribution in [0.25, 0.3) is 0 Å². The van der Waals surface area contributed by atoms with E-state index in [-0.39, 0.29) is 11.3 Å². The Morgan fingerprint density at radius 2 is 1.70 bits per heavy atom. The first-order valence-corrected chi connectivity index (χ1v) is 11.3. The molecule has 2 aromatic carbocycles. The van der Waals surface area contributed by atoms with Crippen molar-refractivity contribution in [3.63, 3.8) is 0 Å². The van der Waals surface area contributed by atoms with Gasteiger partial charge in [-0.05, 0) is 56.7 Å². The van der Waals surface area contributed by atoms with Gasteiger partial charge in [0.2, 0.25) is 15.9 Å². The van der Waals surface area contributed by atoms with E-state index in [1.54, 1.807) is 43.3 Å². The average Bonchev–Trinajstić information content (AvgIpc) is 3.01. The molecule has 2 unspecified atom stereocenters. The second kappa shape index (κ2) is 8.57. The van der Waals surface area contributed by atoms with Gasteiger partial charge in [0.1, 0.15) is 11.8 Å². The Balaban J connectivity index is 1.99. The maximum Gasteiger partial charge on any atom is 0.252 e. The molecule has 0 radical (unpaired) electrons. The van der Waals surface area contributed by atoms with Crippen LogP contribution in [0.5, 0.6) is 5.75 Å². The van der Waals surface area contributed by atoms with Gasteiger partial charge in [0.25, 0.3) is 5.91 Å². The van der Waals surface area contributed by atoms with Gasteiger partial charge in [0, 0.05) is 6.04 Å². The molecular weight excluding hydrogens is 404 g/mol. The van der Waals surface area contributed by atoms with Crippen molar-refractivity contribution in [1.29, 1.82) is 0 Å². The number of anilines is 1. The third kappa shape index (κ3) is 3.97. The molecule has 2 aromatic rings. The summed E-state index contributed by atoms with van der Waals surface area (Å²) >= 11 is 0. The zero-order chi connectivity index (χ0) is 22.1. The van der Waals surface area contributed by atoms with Crippen molar-refractivity contribution < 1.29 is 22.7 Å². The van der Waals surface area contributed by atoms with E-state index >= 15 is 0 Å². The molecule has 8 heteroatoms. The molecule has 30 heavy (non-hydrogen) atoms. The van der Waals surface area contributed by atoms with Gasteiger partial charge >= 0.3 is 0 Å². The number of methoxy groups -OCH3 is 1. The Labute approximate surface area is 177 Å². The fourth-order valence-corrected chi connectivity index (χ4v) is 5.39. The Hall–Kier alpha value is -2.71. The van der Waals surface area contributed by atoms with Crippen LogP contribution in [0.15, 0.2) is 53.4 Å². The van der Waals surface area contributed by atoms with Crippen molar-refractivity contribution >= 4 is 27.5 Å². The molecule has 1 heterocycles. The molecule has 1 aliphatic rings. The average molecular weight is 431 g/mol. The lowest BCUT2D eigenvalue weighted by atomic mass is 10.2. The number of carbonyl (C=O) groups excluding carboxylic acids is 2. The molecule has 0 N–H and O–H groups in total. The summed E-state index contributed by atoms with van der Waals surface area (Å²) in [5, 5.41) is 0. The Morgan fingerprint density at radius 1 is 1.10 bits per heavy atom. The van der Waals surface area contributed by atoms with Gasteiger partial charge in [-0.15, -0.1) is 0 Å². The Kier molecular flexibility index (Phi) is 6.28. The van der Waals surface area contributed by atoms with Crippen LogP contribution in [0.4, 0.5) is 5.69 Å². The number of amides is 2. The molecule has 7 nitrogen and oxygen atoms in total. The highest BCUT2D eigenvalue weighted by Gasteiger charge is 2.48. The largest absolute Gasteiger partial charge is 0.497 e. The summed E-state index contributed by atoms with van der Waals surface area (Å²) in [6.07, 6.45) is 0.311.